The van der Waals surface area contributed by atoms with Crippen LogP contribution in [0.15, 0.2) is 30.7 Å². The Morgan fingerprint density at radius 1 is 1.46 bits per heavy atom. The molecule has 1 atom stereocenters. The molecule has 10 heteroatoms. The van der Waals surface area contributed by atoms with E-state index in [2.05, 4.69) is 15.4 Å². The summed E-state index contributed by atoms with van der Waals surface area (Å²) in [6, 6.07) is 1.15. The Labute approximate surface area is 147 Å². The van der Waals surface area contributed by atoms with Gasteiger partial charge in [-0.3, -0.25) is 10.00 Å². The number of hydrogen-bond acceptors (Lipinski definition) is 4. The molecular formula is C16H18F3N5O2. The minimum absolute atomic E-state index is 0.143. The lowest BCUT2D eigenvalue weighted by atomic mass is 10.2. The van der Waals surface area contributed by atoms with Crippen LogP contribution in [0.1, 0.15) is 11.1 Å². The Bertz CT molecular complexity index is 777. The maximum Gasteiger partial charge on any atom is 0.416 e. The minimum Gasteiger partial charge on any atom is -0.373 e. The fraction of sp³-hybridized carbons (Fsp3) is 0.438. The summed E-state index contributed by atoms with van der Waals surface area (Å²) < 4.78 is 45.6. The Morgan fingerprint density at radius 2 is 2.27 bits per heavy atom. The number of halogens is 3. The molecular weight excluding hydrogens is 351 g/mol. The number of rotatable bonds is 3. The van der Waals surface area contributed by atoms with Crippen LogP contribution in [0.3, 0.4) is 0 Å². The number of nitrogens with one attached hydrogen (secondary N) is 1. The number of morpholine rings is 1. The zero-order chi connectivity index (χ0) is 18.7. The maximum absolute atomic E-state index is 12.7. The molecule has 2 amide bonds. The first kappa shape index (κ1) is 18.2. The molecule has 0 aromatic carbocycles. The quantitative estimate of drug-likeness (QED) is 0.903. The highest BCUT2D eigenvalue weighted by molar-refractivity contribution is 5.88. The smallest absolute Gasteiger partial charge is 0.373 e. The lowest BCUT2D eigenvalue weighted by Crippen LogP contribution is -2.48. The predicted molar refractivity (Wildman–Crippen MR) is 86.5 cm³/mol. The number of ether oxygens (including phenoxy) is 1. The summed E-state index contributed by atoms with van der Waals surface area (Å²) >= 11 is 0. The second-order valence-electron chi connectivity index (χ2n) is 6.04. The standard InChI is InChI=1S/C16H18F3N5O2/c1-11-7-21-24(8-11)10-13-9-23(4-5-26-13)15(25)22-14-6-12(2-3-20-14)16(17,18)19/h2-3,6-8,13H,4-5,9-10H2,1H3,(H,20,22,25). The topological polar surface area (TPSA) is 72.3 Å². The van der Waals surface area contributed by atoms with E-state index in [0.29, 0.717) is 26.2 Å². The Morgan fingerprint density at radius 3 is 2.96 bits per heavy atom. The number of aryl methyl sites for hydroxylation is 1. The van der Waals surface area contributed by atoms with Gasteiger partial charge in [-0.1, -0.05) is 0 Å². The fourth-order valence-corrected chi connectivity index (χ4v) is 2.65. The first-order chi connectivity index (χ1) is 12.3. The Hall–Kier alpha value is -2.62. The molecule has 1 fully saturated rings. The van der Waals surface area contributed by atoms with Gasteiger partial charge < -0.3 is 9.64 Å². The van der Waals surface area contributed by atoms with Crippen molar-refractivity contribution in [3.05, 3.63) is 41.9 Å². The first-order valence-corrected chi connectivity index (χ1v) is 8.01. The van der Waals surface area contributed by atoms with Gasteiger partial charge >= 0.3 is 12.2 Å². The number of hydrogen-bond donors (Lipinski definition) is 1. The van der Waals surface area contributed by atoms with Crippen LogP contribution >= 0.6 is 0 Å². The van der Waals surface area contributed by atoms with E-state index in [1.807, 2.05) is 13.1 Å². The third kappa shape index (κ3) is 4.51. The zero-order valence-corrected chi connectivity index (χ0v) is 14.0. The lowest BCUT2D eigenvalue weighted by molar-refractivity contribution is -0.137. The molecule has 0 bridgehead atoms. The van der Waals surface area contributed by atoms with Crippen molar-refractivity contribution in [2.75, 3.05) is 25.0 Å². The van der Waals surface area contributed by atoms with Crippen LogP contribution in [0.2, 0.25) is 0 Å². The molecule has 1 saturated heterocycles. The highest BCUT2D eigenvalue weighted by Gasteiger charge is 2.31. The van der Waals surface area contributed by atoms with Crippen molar-refractivity contribution in [3.63, 3.8) is 0 Å². The maximum atomic E-state index is 12.7. The molecule has 1 aliphatic heterocycles. The van der Waals surface area contributed by atoms with E-state index in [4.69, 9.17) is 4.74 Å². The number of anilines is 1. The van der Waals surface area contributed by atoms with E-state index in [0.717, 1.165) is 23.9 Å². The van der Waals surface area contributed by atoms with Crippen molar-refractivity contribution in [2.24, 2.45) is 0 Å². The average molecular weight is 369 g/mol. The number of carbonyl (C=O) groups excluding carboxylic acids is 1. The van der Waals surface area contributed by atoms with Gasteiger partial charge in [0.25, 0.3) is 0 Å². The number of aromatic nitrogens is 3. The van der Waals surface area contributed by atoms with Gasteiger partial charge in [-0.25, -0.2) is 9.78 Å². The van der Waals surface area contributed by atoms with Crippen LogP contribution in [0.4, 0.5) is 23.8 Å². The molecule has 7 nitrogen and oxygen atoms in total. The van der Waals surface area contributed by atoms with E-state index in [1.165, 1.54) is 4.90 Å². The van der Waals surface area contributed by atoms with Crippen molar-refractivity contribution in [1.29, 1.82) is 0 Å². The van der Waals surface area contributed by atoms with Gasteiger partial charge in [0.15, 0.2) is 0 Å². The average Bonchev–Trinajstić information content (AvgIpc) is 2.99. The largest absolute Gasteiger partial charge is 0.416 e. The van der Waals surface area contributed by atoms with Gasteiger partial charge in [0.05, 0.1) is 37.6 Å². The fourth-order valence-electron chi connectivity index (χ4n) is 2.65. The number of alkyl halides is 3. The van der Waals surface area contributed by atoms with E-state index in [1.54, 1.807) is 10.9 Å². The van der Waals surface area contributed by atoms with Gasteiger partial charge in [0.2, 0.25) is 0 Å². The molecule has 3 heterocycles. The number of pyridine rings is 1. The number of amides is 2. The molecule has 140 valence electrons. The van der Waals surface area contributed by atoms with Crippen molar-refractivity contribution in [1.82, 2.24) is 19.7 Å². The summed E-state index contributed by atoms with van der Waals surface area (Å²) in [4.78, 5) is 17.6. The summed E-state index contributed by atoms with van der Waals surface area (Å²) in [5, 5.41) is 6.59. The van der Waals surface area contributed by atoms with E-state index in [-0.39, 0.29) is 11.9 Å². The molecule has 2 aromatic heterocycles. The normalized spacial score (nSPS) is 18.0. The number of urea groups is 1. The van der Waals surface area contributed by atoms with Gasteiger partial charge in [-0.2, -0.15) is 18.3 Å². The molecule has 3 rings (SSSR count). The molecule has 26 heavy (non-hydrogen) atoms. The van der Waals surface area contributed by atoms with Crippen LogP contribution in [-0.4, -0.2) is 51.5 Å². The van der Waals surface area contributed by atoms with Gasteiger partial charge in [-0.15, -0.1) is 0 Å². The molecule has 0 aliphatic carbocycles. The zero-order valence-electron chi connectivity index (χ0n) is 14.0. The third-order valence-electron chi connectivity index (χ3n) is 3.90. The first-order valence-electron chi connectivity index (χ1n) is 8.01. The van der Waals surface area contributed by atoms with Crippen molar-refractivity contribution < 1.29 is 22.7 Å². The summed E-state index contributed by atoms with van der Waals surface area (Å²) in [5.41, 5.74) is 0.155. The molecule has 0 saturated carbocycles. The van der Waals surface area contributed by atoms with Crippen LogP contribution in [0, 0.1) is 6.92 Å². The van der Waals surface area contributed by atoms with Gasteiger partial charge in [-0.05, 0) is 24.6 Å². The minimum atomic E-state index is -4.49. The van der Waals surface area contributed by atoms with E-state index >= 15 is 0 Å². The molecule has 0 spiro atoms. The molecule has 1 N–H and O–H groups in total. The third-order valence-corrected chi connectivity index (χ3v) is 3.90. The highest BCUT2D eigenvalue weighted by Crippen LogP contribution is 2.29. The second kappa shape index (κ2) is 7.32. The highest BCUT2D eigenvalue weighted by atomic mass is 19.4. The van der Waals surface area contributed by atoms with Crippen molar-refractivity contribution >= 4 is 11.8 Å². The van der Waals surface area contributed by atoms with Gasteiger partial charge in [0, 0.05) is 18.9 Å². The Balaban J connectivity index is 1.61. The summed E-state index contributed by atoms with van der Waals surface area (Å²) in [6.07, 6.45) is -0.125. The molecule has 0 radical (unpaired) electrons. The monoisotopic (exact) mass is 369 g/mol. The van der Waals surface area contributed by atoms with Crippen LogP contribution in [0.25, 0.3) is 0 Å². The van der Waals surface area contributed by atoms with Crippen molar-refractivity contribution in [3.8, 4) is 0 Å². The number of nitrogens with zero attached hydrogens (tertiary/aromatic N) is 4. The second-order valence-corrected chi connectivity index (χ2v) is 6.04. The van der Waals surface area contributed by atoms with Crippen molar-refractivity contribution in [2.45, 2.75) is 25.7 Å². The molecule has 2 aromatic rings. The SMILES string of the molecule is Cc1cnn(CC2CN(C(=O)Nc3cc(C(F)(F)F)ccn3)CCO2)c1. The molecule has 1 unspecified atom stereocenters. The summed E-state index contributed by atoms with van der Waals surface area (Å²) in [7, 11) is 0. The Kier molecular flexibility index (Phi) is 5.12. The van der Waals surface area contributed by atoms with E-state index in [9.17, 15) is 18.0 Å². The molecule has 1 aliphatic rings. The van der Waals surface area contributed by atoms with Gasteiger partial charge in [0.1, 0.15) is 5.82 Å². The number of carbonyl (C=O) groups is 1. The van der Waals surface area contributed by atoms with E-state index < -0.39 is 17.8 Å². The van der Waals surface area contributed by atoms with Crippen LogP contribution < -0.4 is 5.32 Å². The lowest BCUT2D eigenvalue weighted by Gasteiger charge is -2.32. The van der Waals surface area contributed by atoms with Crippen LogP contribution in [-0.2, 0) is 17.5 Å². The summed E-state index contributed by atoms with van der Waals surface area (Å²) in [5.74, 6) is -0.143. The summed E-state index contributed by atoms with van der Waals surface area (Å²) in [6.45, 7) is 3.41. The van der Waals surface area contributed by atoms with Crippen LogP contribution in [0.5, 0.6) is 0 Å². The predicted octanol–water partition coefficient (Wildman–Crippen LogP) is 2.54.